The Labute approximate surface area is 118 Å². The number of benzene rings is 1. The van der Waals surface area contributed by atoms with Crippen molar-refractivity contribution in [2.24, 2.45) is 5.92 Å². The first-order valence-corrected chi connectivity index (χ1v) is 6.84. The van der Waals surface area contributed by atoms with Crippen molar-refractivity contribution in [2.75, 3.05) is 19.6 Å². The first kappa shape index (κ1) is 14.9. The maximum atomic E-state index is 13.3. The molecule has 2 rings (SSSR count). The second-order valence-corrected chi connectivity index (χ2v) is 5.83. The maximum absolute atomic E-state index is 13.3. The van der Waals surface area contributed by atoms with Crippen LogP contribution in [0.1, 0.15) is 19.4 Å². The van der Waals surface area contributed by atoms with E-state index in [0.29, 0.717) is 25.2 Å². The smallest absolute Gasteiger partial charge is 0.230 e. The molecular formula is C15H21FN2O2. The normalized spacial score (nSPS) is 22.8. The summed E-state index contributed by atoms with van der Waals surface area (Å²) >= 11 is 0. The monoisotopic (exact) mass is 280 g/mol. The Balaban J connectivity index is 2.00. The van der Waals surface area contributed by atoms with Crippen LogP contribution in [0, 0.1) is 11.7 Å². The van der Waals surface area contributed by atoms with Crippen LogP contribution in [0.5, 0.6) is 0 Å². The molecule has 1 aliphatic heterocycles. The molecule has 0 saturated carbocycles. The fraction of sp³-hybridized carbons (Fsp3) is 0.533. The van der Waals surface area contributed by atoms with Crippen molar-refractivity contribution < 1.29 is 14.3 Å². The number of aliphatic hydroxyl groups is 1. The molecule has 1 amide bonds. The van der Waals surface area contributed by atoms with Crippen molar-refractivity contribution in [1.82, 2.24) is 10.6 Å². The van der Waals surface area contributed by atoms with Gasteiger partial charge in [0, 0.05) is 25.6 Å². The summed E-state index contributed by atoms with van der Waals surface area (Å²) in [6.45, 7) is 5.21. The molecule has 0 bridgehead atoms. The molecule has 1 aromatic rings. The van der Waals surface area contributed by atoms with Gasteiger partial charge < -0.3 is 15.7 Å². The molecule has 0 aliphatic carbocycles. The lowest BCUT2D eigenvalue weighted by atomic mass is 9.83. The summed E-state index contributed by atoms with van der Waals surface area (Å²) in [4.78, 5) is 12.3. The average Bonchev–Trinajstić information content (AvgIpc) is 2.81. The number of halogens is 1. The van der Waals surface area contributed by atoms with E-state index < -0.39 is 11.5 Å². The summed E-state index contributed by atoms with van der Waals surface area (Å²) in [7, 11) is 0. The Morgan fingerprint density at radius 1 is 1.50 bits per heavy atom. The minimum absolute atomic E-state index is 0.0299. The van der Waals surface area contributed by atoms with Gasteiger partial charge in [-0.1, -0.05) is 12.1 Å². The second-order valence-electron chi connectivity index (χ2n) is 5.83. The highest BCUT2D eigenvalue weighted by Gasteiger charge is 2.32. The van der Waals surface area contributed by atoms with Gasteiger partial charge in [-0.05, 0) is 31.5 Å². The molecule has 3 N–H and O–H groups in total. The molecule has 20 heavy (non-hydrogen) atoms. The molecule has 1 aliphatic rings. The molecular weight excluding hydrogens is 259 g/mol. The number of carbonyl (C=O) groups excluding carboxylic acids is 1. The van der Waals surface area contributed by atoms with E-state index in [0.717, 1.165) is 0 Å². The summed E-state index contributed by atoms with van der Waals surface area (Å²) in [6, 6.07) is 6.09. The van der Waals surface area contributed by atoms with Gasteiger partial charge in [0.25, 0.3) is 0 Å². The standard InChI is InChI=1S/C15H21FN2O2/c1-15(2,11-4-3-5-12(16)6-11)14(20)18-8-10-7-17-9-13(10)19/h3-6,10,13,17,19H,7-9H2,1-2H3,(H,18,20). The summed E-state index contributed by atoms with van der Waals surface area (Å²) in [5.74, 6) is -0.483. The number of β-amino-alcohol motifs (C(OH)–C–C–N with tert-alkyl or cyclic N) is 1. The predicted molar refractivity (Wildman–Crippen MR) is 74.8 cm³/mol. The van der Waals surface area contributed by atoms with Gasteiger partial charge in [-0.2, -0.15) is 0 Å². The summed E-state index contributed by atoms with van der Waals surface area (Å²) in [5.41, 5.74) is -0.167. The van der Waals surface area contributed by atoms with E-state index in [1.807, 2.05) is 0 Å². The van der Waals surface area contributed by atoms with Crippen molar-refractivity contribution in [3.8, 4) is 0 Å². The van der Waals surface area contributed by atoms with E-state index in [9.17, 15) is 14.3 Å². The minimum Gasteiger partial charge on any atom is -0.391 e. The molecule has 2 atom stereocenters. The maximum Gasteiger partial charge on any atom is 0.230 e. The van der Waals surface area contributed by atoms with Crippen molar-refractivity contribution in [2.45, 2.75) is 25.4 Å². The number of aliphatic hydroxyl groups excluding tert-OH is 1. The van der Waals surface area contributed by atoms with E-state index in [2.05, 4.69) is 10.6 Å². The lowest BCUT2D eigenvalue weighted by molar-refractivity contribution is -0.125. The molecule has 110 valence electrons. The highest BCUT2D eigenvalue weighted by molar-refractivity contribution is 5.87. The lowest BCUT2D eigenvalue weighted by Gasteiger charge is -2.25. The molecule has 0 spiro atoms. The van der Waals surface area contributed by atoms with Crippen LogP contribution in [0.15, 0.2) is 24.3 Å². The molecule has 1 fully saturated rings. The van der Waals surface area contributed by atoms with E-state index in [-0.39, 0.29) is 17.6 Å². The van der Waals surface area contributed by atoms with E-state index in [1.165, 1.54) is 12.1 Å². The zero-order chi connectivity index (χ0) is 14.8. The molecule has 4 nitrogen and oxygen atoms in total. The third-order valence-electron chi connectivity index (χ3n) is 3.94. The Hall–Kier alpha value is -1.46. The molecule has 2 unspecified atom stereocenters. The van der Waals surface area contributed by atoms with Gasteiger partial charge in [-0.15, -0.1) is 0 Å². The molecule has 0 radical (unpaired) electrons. The average molecular weight is 280 g/mol. The van der Waals surface area contributed by atoms with E-state index in [4.69, 9.17) is 0 Å². The van der Waals surface area contributed by atoms with Crippen molar-refractivity contribution in [1.29, 1.82) is 0 Å². The van der Waals surface area contributed by atoms with Gasteiger partial charge in [-0.3, -0.25) is 4.79 Å². The van der Waals surface area contributed by atoms with E-state index in [1.54, 1.807) is 26.0 Å². The van der Waals surface area contributed by atoms with Crippen molar-refractivity contribution >= 4 is 5.91 Å². The molecule has 1 saturated heterocycles. The largest absolute Gasteiger partial charge is 0.391 e. The van der Waals surface area contributed by atoms with Gasteiger partial charge in [-0.25, -0.2) is 4.39 Å². The van der Waals surface area contributed by atoms with Crippen LogP contribution in [0.2, 0.25) is 0 Å². The van der Waals surface area contributed by atoms with Crippen molar-refractivity contribution in [3.63, 3.8) is 0 Å². The van der Waals surface area contributed by atoms with Crippen LogP contribution < -0.4 is 10.6 Å². The molecule has 5 heteroatoms. The third kappa shape index (κ3) is 3.16. The van der Waals surface area contributed by atoms with Gasteiger partial charge in [0.2, 0.25) is 5.91 Å². The zero-order valence-electron chi connectivity index (χ0n) is 11.8. The summed E-state index contributed by atoms with van der Waals surface area (Å²) < 4.78 is 13.3. The van der Waals surface area contributed by atoms with Gasteiger partial charge in [0.15, 0.2) is 0 Å². The van der Waals surface area contributed by atoms with Crippen LogP contribution in [-0.4, -0.2) is 36.8 Å². The van der Waals surface area contributed by atoms with Gasteiger partial charge >= 0.3 is 0 Å². The first-order valence-electron chi connectivity index (χ1n) is 6.84. The number of hydrogen-bond donors (Lipinski definition) is 3. The third-order valence-corrected chi connectivity index (χ3v) is 3.94. The Morgan fingerprint density at radius 2 is 2.25 bits per heavy atom. The predicted octanol–water partition coefficient (Wildman–Crippen LogP) is 0.800. The first-order chi connectivity index (χ1) is 9.41. The topological polar surface area (TPSA) is 61.4 Å². The van der Waals surface area contributed by atoms with Crippen LogP contribution >= 0.6 is 0 Å². The van der Waals surface area contributed by atoms with Crippen LogP contribution in [0.4, 0.5) is 4.39 Å². The fourth-order valence-electron chi connectivity index (χ4n) is 2.38. The second kappa shape index (κ2) is 5.89. The number of hydrogen-bond acceptors (Lipinski definition) is 3. The fourth-order valence-corrected chi connectivity index (χ4v) is 2.38. The highest BCUT2D eigenvalue weighted by atomic mass is 19.1. The Kier molecular flexibility index (Phi) is 4.40. The lowest BCUT2D eigenvalue weighted by Crippen LogP contribution is -2.43. The molecule has 1 aromatic carbocycles. The Bertz CT molecular complexity index is 491. The number of nitrogens with one attached hydrogen (secondary N) is 2. The summed E-state index contributed by atoms with van der Waals surface area (Å²) in [6.07, 6.45) is -0.424. The van der Waals surface area contributed by atoms with Gasteiger partial charge in [0.05, 0.1) is 11.5 Å². The molecule has 1 heterocycles. The zero-order valence-corrected chi connectivity index (χ0v) is 11.8. The number of carbonyl (C=O) groups is 1. The van der Waals surface area contributed by atoms with E-state index >= 15 is 0 Å². The number of amides is 1. The van der Waals surface area contributed by atoms with Gasteiger partial charge in [0.1, 0.15) is 5.82 Å². The number of rotatable bonds is 4. The minimum atomic E-state index is -0.806. The summed E-state index contributed by atoms with van der Waals surface area (Å²) in [5, 5.41) is 15.6. The van der Waals surface area contributed by atoms with Crippen LogP contribution in [0.3, 0.4) is 0 Å². The highest BCUT2D eigenvalue weighted by Crippen LogP contribution is 2.24. The quantitative estimate of drug-likeness (QED) is 0.764. The molecule has 0 aromatic heterocycles. The van der Waals surface area contributed by atoms with Crippen molar-refractivity contribution in [3.05, 3.63) is 35.6 Å². The van der Waals surface area contributed by atoms with Crippen LogP contribution in [-0.2, 0) is 10.2 Å². The van der Waals surface area contributed by atoms with Crippen LogP contribution in [0.25, 0.3) is 0 Å². The SMILES string of the molecule is CC(C)(C(=O)NCC1CNCC1O)c1cccc(F)c1. The Morgan fingerprint density at radius 3 is 2.85 bits per heavy atom.